The molecule has 0 saturated carbocycles. The van der Waals surface area contributed by atoms with Crippen LogP contribution in [0.3, 0.4) is 0 Å². The molecule has 0 bridgehead atoms. The maximum atomic E-state index is 12.2. The number of rotatable bonds is 4. The van der Waals surface area contributed by atoms with Crippen LogP contribution in [0.25, 0.3) is 33.5 Å². The monoisotopic (exact) mass is 474 g/mol. The zero-order valence-corrected chi connectivity index (χ0v) is 20.3. The lowest BCUT2D eigenvalue weighted by Crippen LogP contribution is -2.44. The lowest BCUT2D eigenvalue weighted by atomic mass is 10.1. The van der Waals surface area contributed by atoms with Crippen LogP contribution in [-0.4, -0.2) is 78.0 Å². The molecule has 174 valence electrons. The summed E-state index contributed by atoms with van der Waals surface area (Å²) < 4.78 is 0. The fourth-order valence-electron chi connectivity index (χ4n) is 4.27. The molecule has 1 saturated heterocycles. The van der Waals surface area contributed by atoms with Crippen molar-refractivity contribution in [3.63, 3.8) is 0 Å². The second kappa shape index (κ2) is 9.08. The van der Waals surface area contributed by atoms with E-state index in [1.165, 1.54) is 0 Å². The molecule has 8 heteroatoms. The van der Waals surface area contributed by atoms with Crippen LogP contribution >= 0.6 is 11.6 Å². The van der Waals surface area contributed by atoms with E-state index in [4.69, 9.17) is 16.6 Å². The van der Waals surface area contributed by atoms with Crippen LogP contribution in [0.4, 0.5) is 5.69 Å². The predicted molar refractivity (Wildman–Crippen MR) is 137 cm³/mol. The van der Waals surface area contributed by atoms with Gasteiger partial charge in [-0.05, 0) is 36.9 Å². The average molecular weight is 475 g/mol. The number of aromatic amines is 1. The van der Waals surface area contributed by atoms with Crippen LogP contribution in [0, 0.1) is 0 Å². The Kier molecular flexibility index (Phi) is 5.98. The summed E-state index contributed by atoms with van der Waals surface area (Å²) in [4.78, 5) is 31.1. The van der Waals surface area contributed by atoms with Gasteiger partial charge in [0.05, 0.1) is 22.6 Å². The van der Waals surface area contributed by atoms with E-state index in [1.807, 2.05) is 36.5 Å². The Morgan fingerprint density at radius 3 is 2.41 bits per heavy atom. The van der Waals surface area contributed by atoms with Crippen molar-refractivity contribution in [1.29, 1.82) is 0 Å². The number of fused-ring (bicyclic) bond motifs is 1. The standard InChI is InChI=1S/C26H27ClN6O/c1-31(2)26(34)18-6-4-17(5-7-18)20-15-28-25-24(20)30-22(16-29-25)19-8-9-23(21(27)14-19)33-12-10-32(3)11-13-33/h4-9,14-16H,10-13H2,1-3H3,(H,28,29). The summed E-state index contributed by atoms with van der Waals surface area (Å²) in [5.74, 6) is -0.0237. The number of benzene rings is 2. The summed E-state index contributed by atoms with van der Waals surface area (Å²) in [6.07, 6.45) is 3.67. The topological polar surface area (TPSA) is 68.4 Å². The number of anilines is 1. The number of nitrogens with zero attached hydrogens (tertiary/aromatic N) is 5. The molecular weight excluding hydrogens is 448 g/mol. The number of H-pyrrole nitrogens is 1. The molecule has 0 spiro atoms. The van der Waals surface area contributed by atoms with Crippen LogP contribution in [-0.2, 0) is 0 Å². The number of hydrogen-bond acceptors (Lipinski definition) is 5. The first-order chi connectivity index (χ1) is 16.4. The molecule has 2 aromatic heterocycles. The maximum Gasteiger partial charge on any atom is 0.253 e. The number of nitrogens with one attached hydrogen (secondary N) is 1. The average Bonchev–Trinajstić information content (AvgIpc) is 3.27. The van der Waals surface area contributed by atoms with Crippen molar-refractivity contribution in [3.05, 3.63) is 65.4 Å². The highest BCUT2D eigenvalue weighted by atomic mass is 35.5. The van der Waals surface area contributed by atoms with Gasteiger partial charge in [0.15, 0.2) is 5.65 Å². The van der Waals surface area contributed by atoms with Gasteiger partial charge in [-0.2, -0.15) is 0 Å². The normalized spacial score (nSPS) is 14.5. The third kappa shape index (κ3) is 4.24. The maximum absolute atomic E-state index is 12.2. The molecule has 0 aliphatic carbocycles. The molecule has 5 rings (SSSR count). The zero-order chi connectivity index (χ0) is 23.8. The molecule has 1 N–H and O–H groups in total. The first kappa shape index (κ1) is 22.4. The smallest absolute Gasteiger partial charge is 0.253 e. The highest BCUT2D eigenvalue weighted by Gasteiger charge is 2.18. The van der Waals surface area contributed by atoms with Crippen LogP contribution in [0.1, 0.15) is 10.4 Å². The van der Waals surface area contributed by atoms with Crippen molar-refractivity contribution in [1.82, 2.24) is 24.8 Å². The Hall–Kier alpha value is -3.42. The summed E-state index contributed by atoms with van der Waals surface area (Å²) in [5.41, 5.74) is 6.80. The van der Waals surface area contributed by atoms with E-state index in [0.29, 0.717) is 11.2 Å². The summed E-state index contributed by atoms with van der Waals surface area (Å²) in [5, 5.41) is 0.722. The van der Waals surface area contributed by atoms with Crippen LogP contribution in [0.5, 0.6) is 0 Å². The van der Waals surface area contributed by atoms with E-state index < -0.39 is 0 Å². The molecule has 1 aliphatic heterocycles. The number of halogens is 1. The Bertz CT molecular complexity index is 1340. The largest absolute Gasteiger partial charge is 0.368 e. The minimum Gasteiger partial charge on any atom is -0.368 e. The SMILES string of the molecule is CN1CCN(c2ccc(-c3cnc4[nH]cc(-c5ccc(C(=O)N(C)C)cc5)c4n3)cc2Cl)CC1. The fourth-order valence-corrected chi connectivity index (χ4v) is 4.57. The van der Waals surface area contributed by atoms with Crippen molar-refractivity contribution < 1.29 is 4.79 Å². The highest BCUT2D eigenvalue weighted by Crippen LogP contribution is 2.33. The van der Waals surface area contributed by atoms with Crippen molar-refractivity contribution >= 4 is 34.4 Å². The number of carbonyl (C=O) groups is 1. The molecule has 2 aromatic carbocycles. The molecule has 1 amide bonds. The van der Waals surface area contributed by atoms with E-state index in [2.05, 4.69) is 38.9 Å². The molecular formula is C26H27ClN6O. The van der Waals surface area contributed by atoms with Gasteiger partial charge in [-0.15, -0.1) is 0 Å². The Morgan fingerprint density at radius 2 is 1.74 bits per heavy atom. The van der Waals surface area contributed by atoms with E-state index in [-0.39, 0.29) is 5.91 Å². The number of likely N-dealkylation sites (N-methyl/N-ethyl adjacent to an activating group) is 1. The summed E-state index contributed by atoms with van der Waals surface area (Å²) in [7, 11) is 5.64. The molecule has 1 fully saturated rings. The minimum absolute atomic E-state index is 0.0237. The summed E-state index contributed by atoms with van der Waals surface area (Å²) in [6, 6.07) is 13.7. The molecule has 1 aliphatic rings. The fraction of sp³-hybridized carbons (Fsp3) is 0.269. The third-order valence-electron chi connectivity index (χ3n) is 6.32. The predicted octanol–water partition coefficient (Wildman–Crippen LogP) is 4.40. The van der Waals surface area contributed by atoms with Crippen LogP contribution < -0.4 is 4.90 Å². The van der Waals surface area contributed by atoms with Gasteiger partial charge in [0.1, 0.15) is 5.52 Å². The van der Waals surface area contributed by atoms with Crippen molar-refractivity contribution in [2.45, 2.75) is 0 Å². The van der Waals surface area contributed by atoms with Gasteiger partial charge in [-0.25, -0.2) is 9.97 Å². The number of amides is 1. The summed E-state index contributed by atoms with van der Waals surface area (Å²) >= 11 is 6.70. The lowest BCUT2D eigenvalue weighted by Gasteiger charge is -2.34. The van der Waals surface area contributed by atoms with E-state index in [1.54, 1.807) is 25.2 Å². The lowest BCUT2D eigenvalue weighted by molar-refractivity contribution is 0.0827. The van der Waals surface area contributed by atoms with Gasteiger partial charge in [-0.1, -0.05) is 29.8 Å². The van der Waals surface area contributed by atoms with Gasteiger partial charge >= 0.3 is 0 Å². The number of hydrogen-bond donors (Lipinski definition) is 1. The molecule has 0 atom stereocenters. The van der Waals surface area contributed by atoms with E-state index >= 15 is 0 Å². The molecule has 3 heterocycles. The molecule has 0 unspecified atom stereocenters. The van der Waals surface area contributed by atoms with Crippen LogP contribution in [0.2, 0.25) is 5.02 Å². The third-order valence-corrected chi connectivity index (χ3v) is 6.62. The Balaban J connectivity index is 1.45. The zero-order valence-electron chi connectivity index (χ0n) is 19.5. The first-order valence-electron chi connectivity index (χ1n) is 11.3. The minimum atomic E-state index is -0.0237. The Labute approximate surface area is 204 Å². The molecule has 7 nitrogen and oxygen atoms in total. The van der Waals surface area contributed by atoms with Gasteiger partial charge in [-0.3, -0.25) is 4.79 Å². The highest BCUT2D eigenvalue weighted by molar-refractivity contribution is 6.33. The van der Waals surface area contributed by atoms with E-state index in [0.717, 1.165) is 64.8 Å². The second-order valence-corrected chi connectivity index (χ2v) is 9.30. The van der Waals surface area contributed by atoms with Gasteiger partial charge in [0.25, 0.3) is 5.91 Å². The Morgan fingerprint density at radius 1 is 1.03 bits per heavy atom. The quantitative estimate of drug-likeness (QED) is 0.475. The molecule has 0 radical (unpaired) electrons. The molecule has 34 heavy (non-hydrogen) atoms. The summed E-state index contributed by atoms with van der Waals surface area (Å²) in [6.45, 7) is 3.99. The van der Waals surface area contributed by atoms with Gasteiger partial charge < -0.3 is 19.7 Å². The van der Waals surface area contributed by atoms with Gasteiger partial charge in [0, 0.05) is 63.2 Å². The molecule has 4 aromatic rings. The number of aromatic nitrogens is 3. The van der Waals surface area contributed by atoms with Crippen LogP contribution in [0.15, 0.2) is 54.9 Å². The number of piperazine rings is 1. The van der Waals surface area contributed by atoms with Crippen molar-refractivity contribution in [2.75, 3.05) is 52.2 Å². The van der Waals surface area contributed by atoms with E-state index in [9.17, 15) is 4.79 Å². The second-order valence-electron chi connectivity index (χ2n) is 8.89. The van der Waals surface area contributed by atoms with Crippen molar-refractivity contribution in [2.24, 2.45) is 0 Å². The number of carbonyl (C=O) groups excluding carboxylic acids is 1. The van der Waals surface area contributed by atoms with Crippen molar-refractivity contribution in [3.8, 4) is 22.4 Å². The van der Waals surface area contributed by atoms with Gasteiger partial charge in [0.2, 0.25) is 0 Å². The first-order valence-corrected chi connectivity index (χ1v) is 11.7.